The number of hydrogen-bond donors (Lipinski definition) is 1. The van der Waals surface area contributed by atoms with Crippen LogP contribution < -0.4 is 5.73 Å². The van der Waals surface area contributed by atoms with E-state index in [1.54, 1.807) is 29.1 Å². The van der Waals surface area contributed by atoms with E-state index in [-0.39, 0.29) is 0 Å². The third-order valence-corrected chi connectivity index (χ3v) is 2.50. The molecule has 3 nitrogen and oxygen atoms in total. The van der Waals surface area contributed by atoms with E-state index < -0.39 is 0 Å². The van der Waals surface area contributed by atoms with E-state index >= 15 is 0 Å². The van der Waals surface area contributed by atoms with Crippen molar-refractivity contribution in [3.05, 3.63) is 40.1 Å². The van der Waals surface area contributed by atoms with Crippen LogP contribution in [0.5, 0.6) is 0 Å². The molecular formula is C9H7BrClN3. The van der Waals surface area contributed by atoms with Crippen LogP contribution in [0, 0.1) is 0 Å². The normalized spacial score (nSPS) is 10.4. The van der Waals surface area contributed by atoms with E-state index in [1.165, 1.54) is 0 Å². The van der Waals surface area contributed by atoms with E-state index in [2.05, 4.69) is 21.0 Å². The van der Waals surface area contributed by atoms with Crippen molar-refractivity contribution in [2.24, 2.45) is 0 Å². The first-order valence-electron chi connectivity index (χ1n) is 3.92. The summed E-state index contributed by atoms with van der Waals surface area (Å²) in [6, 6.07) is 5.29. The fourth-order valence-corrected chi connectivity index (χ4v) is 1.63. The van der Waals surface area contributed by atoms with Crippen molar-refractivity contribution in [2.45, 2.75) is 0 Å². The average molecular weight is 273 g/mol. The van der Waals surface area contributed by atoms with Crippen LogP contribution in [0.2, 0.25) is 5.02 Å². The summed E-state index contributed by atoms with van der Waals surface area (Å²) in [6.45, 7) is 0. The third kappa shape index (κ3) is 1.76. The molecule has 2 aromatic rings. The highest BCUT2D eigenvalue weighted by Crippen LogP contribution is 2.23. The van der Waals surface area contributed by atoms with Crippen molar-refractivity contribution in [3.63, 3.8) is 0 Å². The van der Waals surface area contributed by atoms with Crippen molar-refractivity contribution < 1.29 is 0 Å². The minimum Gasteiger partial charge on any atom is -0.399 e. The Kier molecular flexibility index (Phi) is 2.48. The first-order chi connectivity index (χ1) is 6.66. The lowest BCUT2D eigenvalue weighted by atomic mass is 10.3. The molecule has 1 aromatic carbocycles. The fourth-order valence-electron chi connectivity index (χ4n) is 1.14. The Bertz CT molecular complexity index is 467. The molecule has 0 aliphatic carbocycles. The molecule has 0 atom stereocenters. The summed E-state index contributed by atoms with van der Waals surface area (Å²) in [5.74, 6) is 0. The van der Waals surface area contributed by atoms with Gasteiger partial charge in [0, 0.05) is 11.9 Å². The van der Waals surface area contributed by atoms with Crippen LogP contribution in [0.15, 0.2) is 35.1 Å². The predicted molar refractivity (Wildman–Crippen MR) is 60.7 cm³/mol. The van der Waals surface area contributed by atoms with Crippen LogP contribution in [0.25, 0.3) is 5.69 Å². The van der Waals surface area contributed by atoms with E-state index in [1.807, 2.05) is 6.20 Å². The SMILES string of the molecule is Nc1ccc(Cl)c(-n2cc(Br)cn2)c1. The van der Waals surface area contributed by atoms with Gasteiger partial charge in [0.25, 0.3) is 0 Å². The number of rotatable bonds is 1. The minimum atomic E-state index is 0.620. The number of nitrogen functional groups attached to an aromatic ring is 1. The number of nitrogens with two attached hydrogens (primary N) is 1. The monoisotopic (exact) mass is 271 g/mol. The minimum absolute atomic E-state index is 0.620. The molecule has 0 unspecified atom stereocenters. The predicted octanol–water partition coefficient (Wildman–Crippen LogP) is 2.87. The zero-order valence-corrected chi connectivity index (χ0v) is 9.46. The summed E-state index contributed by atoms with van der Waals surface area (Å²) in [5, 5.41) is 4.74. The molecule has 1 heterocycles. The number of anilines is 1. The van der Waals surface area contributed by atoms with Gasteiger partial charge in [0.05, 0.1) is 21.4 Å². The first kappa shape index (κ1) is 9.55. The second-order valence-corrected chi connectivity index (χ2v) is 4.14. The van der Waals surface area contributed by atoms with Crippen LogP contribution in [0.3, 0.4) is 0 Å². The van der Waals surface area contributed by atoms with Crippen molar-refractivity contribution in [1.29, 1.82) is 0 Å². The van der Waals surface area contributed by atoms with Gasteiger partial charge in [-0.25, -0.2) is 4.68 Å². The van der Waals surface area contributed by atoms with E-state index in [0.717, 1.165) is 10.2 Å². The van der Waals surface area contributed by atoms with E-state index in [4.69, 9.17) is 17.3 Å². The third-order valence-electron chi connectivity index (χ3n) is 1.77. The van der Waals surface area contributed by atoms with Gasteiger partial charge in [0.2, 0.25) is 0 Å². The smallest absolute Gasteiger partial charge is 0.0852 e. The molecule has 0 fully saturated rings. The van der Waals surface area contributed by atoms with Crippen LogP contribution in [0.1, 0.15) is 0 Å². The number of nitrogens with zero attached hydrogens (tertiary/aromatic N) is 2. The van der Waals surface area contributed by atoms with Gasteiger partial charge in [-0.2, -0.15) is 5.10 Å². The van der Waals surface area contributed by atoms with Gasteiger partial charge in [0.15, 0.2) is 0 Å². The van der Waals surface area contributed by atoms with Gasteiger partial charge in [-0.1, -0.05) is 11.6 Å². The zero-order chi connectivity index (χ0) is 10.1. The number of aromatic nitrogens is 2. The highest BCUT2D eigenvalue weighted by molar-refractivity contribution is 9.10. The molecule has 0 amide bonds. The van der Waals surface area contributed by atoms with Crippen molar-refractivity contribution >= 4 is 33.2 Å². The number of hydrogen-bond acceptors (Lipinski definition) is 2. The quantitative estimate of drug-likeness (QED) is 0.811. The van der Waals surface area contributed by atoms with Gasteiger partial charge in [-0.15, -0.1) is 0 Å². The second kappa shape index (κ2) is 3.63. The lowest BCUT2D eigenvalue weighted by Gasteiger charge is -2.04. The van der Waals surface area contributed by atoms with Gasteiger partial charge >= 0.3 is 0 Å². The Morgan fingerprint density at radius 1 is 1.43 bits per heavy atom. The second-order valence-electron chi connectivity index (χ2n) is 2.81. The van der Waals surface area contributed by atoms with Crippen LogP contribution in [-0.2, 0) is 0 Å². The summed E-state index contributed by atoms with van der Waals surface area (Å²) in [6.07, 6.45) is 3.51. The summed E-state index contributed by atoms with van der Waals surface area (Å²) in [4.78, 5) is 0. The molecule has 14 heavy (non-hydrogen) atoms. The number of halogens is 2. The molecule has 2 rings (SSSR count). The lowest BCUT2D eigenvalue weighted by Crippen LogP contribution is -1.96. The first-order valence-corrected chi connectivity index (χ1v) is 5.09. The number of benzene rings is 1. The maximum absolute atomic E-state index is 6.01. The molecule has 0 aliphatic rings. The molecule has 0 radical (unpaired) electrons. The van der Waals surface area contributed by atoms with E-state index in [0.29, 0.717) is 10.7 Å². The summed E-state index contributed by atoms with van der Waals surface area (Å²) in [7, 11) is 0. The molecule has 1 aromatic heterocycles. The Hall–Kier alpha value is -1.00. The maximum Gasteiger partial charge on any atom is 0.0852 e. The van der Waals surface area contributed by atoms with Gasteiger partial charge in [-0.05, 0) is 34.1 Å². The molecule has 0 bridgehead atoms. The van der Waals surface area contributed by atoms with Crippen LogP contribution in [0.4, 0.5) is 5.69 Å². The zero-order valence-electron chi connectivity index (χ0n) is 7.11. The summed E-state index contributed by atoms with van der Waals surface area (Å²) >= 11 is 9.32. The van der Waals surface area contributed by atoms with Gasteiger partial charge in [0.1, 0.15) is 0 Å². The Morgan fingerprint density at radius 3 is 2.86 bits per heavy atom. The molecular weight excluding hydrogens is 265 g/mol. The highest BCUT2D eigenvalue weighted by atomic mass is 79.9. The van der Waals surface area contributed by atoms with Crippen LogP contribution >= 0.6 is 27.5 Å². The van der Waals surface area contributed by atoms with E-state index in [9.17, 15) is 0 Å². The molecule has 0 aliphatic heterocycles. The summed E-state index contributed by atoms with van der Waals surface area (Å²) in [5.41, 5.74) is 7.10. The standard InChI is InChI=1S/C9H7BrClN3/c10-6-4-13-14(5-6)9-3-7(12)1-2-8(9)11/h1-5H,12H2. The highest BCUT2D eigenvalue weighted by Gasteiger charge is 2.04. The van der Waals surface area contributed by atoms with Crippen molar-refractivity contribution in [2.75, 3.05) is 5.73 Å². The molecule has 5 heteroatoms. The van der Waals surface area contributed by atoms with Crippen molar-refractivity contribution in [3.8, 4) is 5.69 Å². The molecule has 72 valence electrons. The molecule has 0 saturated heterocycles. The Morgan fingerprint density at radius 2 is 2.21 bits per heavy atom. The van der Waals surface area contributed by atoms with Gasteiger partial charge < -0.3 is 5.73 Å². The molecule has 2 N–H and O–H groups in total. The lowest BCUT2D eigenvalue weighted by molar-refractivity contribution is 0.881. The largest absolute Gasteiger partial charge is 0.399 e. The van der Waals surface area contributed by atoms with Gasteiger partial charge in [-0.3, -0.25) is 0 Å². The Labute approximate surface area is 94.6 Å². The van der Waals surface area contributed by atoms with Crippen molar-refractivity contribution in [1.82, 2.24) is 9.78 Å². The topological polar surface area (TPSA) is 43.8 Å². The molecule has 0 spiro atoms. The average Bonchev–Trinajstić information content (AvgIpc) is 2.56. The fraction of sp³-hybridized carbons (Fsp3) is 0. The molecule has 0 saturated carbocycles. The summed E-state index contributed by atoms with van der Waals surface area (Å²) < 4.78 is 2.57. The Balaban J connectivity index is 2.55. The van der Waals surface area contributed by atoms with Crippen LogP contribution in [-0.4, -0.2) is 9.78 Å². The maximum atomic E-state index is 6.01.